The summed E-state index contributed by atoms with van der Waals surface area (Å²) in [6.45, 7) is 0.466. The van der Waals surface area contributed by atoms with Gasteiger partial charge in [-0.25, -0.2) is 4.98 Å². The zero-order valence-corrected chi connectivity index (χ0v) is 13.7. The van der Waals surface area contributed by atoms with Gasteiger partial charge in [-0.15, -0.1) is 0 Å². The Kier molecular flexibility index (Phi) is 3.82. The highest BCUT2D eigenvalue weighted by Crippen LogP contribution is 2.29. The first-order chi connectivity index (χ1) is 11.7. The number of aromatic nitrogens is 2. The molecule has 0 bridgehead atoms. The molecular formula is C19H16ClN3O. The van der Waals surface area contributed by atoms with Crippen LogP contribution in [0.15, 0.2) is 48.3 Å². The summed E-state index contributed by atoms with van der Waals surface area (Å²) in [5.74, 6) is -0.0370. The lowest BCUT2D eigenvalue weighted by molar-refractivity contribution is -0.117. The molecule has 24 heavy (non-hydrogen) atoms. The fourth-order valence-electron chi connectivity index (χ4n) is 3.12. The van der Waals surface area contributed by atoms with Crippen LogP contribution in [-0.4, -0.2) is 15.9 Å². The number of aryl methyl sites for hydroxylation is 1. The number of hydrogen-bond donors (Lipinski definition) is 2. The number of rotatable bonds is 3. The van der Waals surface area contributed by atoms with E-state index in [9.17, 15) is 4.79 Å². The summed E-state index contributed by atoms with van der Waals surface area (Å²) in [7, 11) is 0. The lowest BCUT2D eigenvalue weighted by Gasteiger charge is -2.08. The van der Waals surface area contributed by atoms with Gasteiger partial charge in [-0.3, -0.25) is 4.79 Å². The molecule has 2 aromatic heterocycles. The molecule has 1 amide bonds. The van der Waals surface area contributed by atoms with Crippen LogP contribution in [0, 0.1) is 0 Å². The molecule has 5 heteroatoms. The largest absolute Gasteiger partial charge is 0.348 e. The van der Waals surface area contributed by atoms with E-state index in [4.69, 9.17) is 11.6 Å². The Balaban J connectivity index is 1.55. The normalized spacial score (nSPS) is 13.5. The molecule has 0 unspecified atom stereocenters. The third-order valence-corrected chi connectivity index (χ3v) is 4.55. The van der Waals surface area contributed by atoms with Crippen LogP contribution in [0.2, 0.25) is 5.02 Å². The van der Waals surface area contributed by atoms with E-state index >= 15 is 0 Å². The number of nitrogens with zero attached hydrogens (tertiary/aromatic N) is 1. The van der Waals surface area contributed by atoms with E-state index in [1.807, 2.05) is 48.8 Å². The van der Waals surface area contributed by atoms with Crippen molar-refractivity contribution < 1.29 is 4.79 Å². The number of carbonyl (C=O) groups is 1. The predicted molar refractivity (Wildman–Crippen MR) is 95.7 cm³/mol. The zero-order valence-electron chi connectivity index (χ0n) is 13.0. The van der Waals surface area contributed by atoms with Gasteiger partial charge in [-0.1, -0.05) is 23.7 Å². The van der Waals surface area contributed by atoms with Crippen LogP contribution in [0.5, 0.6) is 0 Å². The van der Waals surface area contributed by atoms with Crippen molar-refractivity contribution in [3.05, 3.63) is 70.0 Å². The van der Waals surface area contributed by atoms with E-state index in [0.29, 0.717) is 11.6 Å². The average Bonchev–Trinajstić information content (AvgIpc) is 2.89. The number of hydrogen-bond acceptors (Lipinski definition) is 2. The number of H-pyrrole nitrogens is 1. The highest BCUT2D eigenvalue weighted by molar-refractivity contribution is 6.30. The molecule has 0 fully saturated rings. The van der Waals surface area contributed by atoms with Crippen molar-refractivity contribution in [3.8, 4) is 0 Å². The van der Waals surface area contributed by atoms with Gasteiger partial charge in [0.1, 0.15) is 5.65 Å². The summed E-state index contributed by atoms with van der Waals surface area (Å²) >= 11 is 5.98. The second kappa shape index (κ2) is 6.13. The smallest absolute Gasteiger partial charge is 0.247 e. The van der Waals surface area contributed by atoms with Crippen molar-refractivity contribution in [3.63, 3.8) is 0 Å². The number of benzene rings is 1. The second-order valence-electron chi connectivity index (χ2n) is 5.92. The minimum atomic E-state index is -0.0370. The highest BCUT2D eigenvalue weighted by atomic mass is 35.5. The van der Waals surface area contributed by atoms with Crippen LogP contribution in [0.3, 0.4) is 0 Å². The lowest BCUT2D eigenvalue weighted by atomic mass is 10.1. The molecule has 0 atom stereocenters. The molecule has 0 saturated carbocycles. The standard InChI is InChI=1S/C19H16ClN3O/c20-16-3-1-2-12(8-16)10-23-19(24)14-5-4-13-6-7-21-18-17(13)15(9-14)11-22-18/h1-3,6-9,11H,4-5,10H2,(H,21,22)(H,23,24). The van der Waals surface area contributed by atoms with E-state index in [-0.39, 0.29) is 5.91 Å². The first kappa shape index (κ1) is 15.0. The van der Waals surface area contributed by atoms with Crippen molar-refractivity contribution in [1.29, 1.82) is 0 Å². The maximum atomic E-state index is 12.6. The van der Waals surface area contributed by atoms with Gasteiger partial charge in [-0.2, -0.15) is 0 Å². The average molecular weight is 338 g/mol. The predicted octanol–water partition coefficient (Wildman–Crippen LogP) is 3.86. The van der Waals surface area contributed by atoms with Crippen molar-refractivity contribution >= 4 is 34.6 Å². The third-order valence-electron chi connectivity index (χ3n) is 4.32. The first-order valence-corrected chi connectivity index (χ1v) is 8.27. The Labute approximate surface area is 144 Å². The van der Waals surface area contributed by atoms with Crippen LogP contribution in [0.25, 0.3) is 17.1 Å². The minimum absolute atomic E-state index is 0.0370. The van der Waals surface area contributed by atoms with E-state index in [0.717, 1.165) is 40.6 Å². The number of aromatic amines is 1. The fourth-order valence-corrected chi connectivity index (χ4v) is 3.34. The Morgan fingerprint density at radius 1 is 1.29 bits per heavy atom. The molecule has 1 aliphatic rings. The molecule has 120 valence electrons. The fraction of sp³-hybridized carbons (Fsp3) is 0.158. The molecule has 2 heterocycles. The van der Waals surface area contributed by atoms with Gasteiger partial charge < -0.3 is 10.3 Å². The summed E-state index contributed by atoms with van der Waals surface area (Å²) in [5, 5.41) is 4.78. The van der Waals surface area contributed by atoms with Gasteiger partial charge in [0.2, 0.25) is 5.91 Å². The molecule has 1 aromatic carbocycles. The van der Waals surface area contributed by atoms with Crippen LogP contribution in [0.4, 0.5) is 0 Å². The van der Waals surface area contributed by atoms with Gasteiger partial charge in [0.25, 0.3) is 0 Å². The first-order valence-electron chi connectivity index (χ1n) is 7.89. The van der Waals surface area contributed by atoms with E-state index < -0.39 is 0 Å². The van der Waals surface area contributed by atoms with Gasteiger partial charge in [-0.05, 0) is 48.2 Å². The number of halogens is 1. The molecule has 4 rings (SSSR count). The molecule has 4 nitrogen and oxygen atoms in total. The van der Waals surface area contributed by atoms with Gasteiger partial charge in [0, 0.05) is 40.5 Å². The summed E-state index contributed by atoms with van der Waals surface area (Å²) in [6, 6.07) is 9.55. The molecule has 3 aromatic rings. The topological polar surface area (TPSA) is 57.8 Å². The van der Waals surface area contributed by atoms with Crippen molar-refractivity contribution in [2.45, 2.75) is 19.4 Å². The SMILES string of the molecule is O=C(NCc1cccc(Cl)c1)C1=Cc2c[nH]c3nccc(c23)CC1. The molecule has 2 N–H and O–H groups in total. The van der Waals surface area contributed by atoms with Crippen LogP contribution >= 0.6 is 11.6 Å². The molecule has 0 radical (unpaired) electrons. The molecule has 0 spiro atoms. The summed E-state index contributed by atoms with van der Waals surface area (Å²) in [5.41, 5.74) is 4.90. The van der Waals surface area contributed by atoms with Gasteiger partial charge >= 0.3 is 0 Å². The van der Waals surface area contributed by atoms with E-state index in [1.54, 1.807) is 0 Å². The molecule has 0 saturated heterocycles. The van der Waals surface area contributed by atoms with Crippen LogP contribution in [-0.2, 0) is 17.8 Å². The lowest BCUT2D eigenvalue weighted by Crippen LogP contribution is -2.24. The maximum Gasteiger partial charge on any atom is 0.247 e. The zero-order chi connectivity index (χ0) is 16.5. The quantitative estimate of drug-likeness (QED) is 0.762. The Morgan fingerprint density at radius 3 is 3.08 bits per heavy atom. The maximum absolute atomic E-state index is 12.6. The van der Waals surface area contributed by atoms with Crippen molar-refractivity contribution in [1.82, 2.24) is 15.3 Å². The molecule has 1 aliphatic carbocycles. The van der Waals surface area contributed by atoms with Gasteiger partial charge in [0.15, 0.2) is 0 Å². The Morgan fingerprint density at radius 2 is 2.21 bits per heavy atom. The van der Waals surface area contributed by atoms with Crippen molar-refractivity contribution in [2.24, 2.45) is 0 Å². The monoisotopic (exact) mass is 337 g/mol. The number of amides is 1. The molecule has 0 aliphatic heterocycles. The summed E-state index contributed by atoms with van der Waals surface area (Å²) < 4.78 is 0. The number of carbonyl (C=O) groups excluding carboxylic acids is 1. The van der Waals surface area contributed by atoms with Crippen LogP contribution in [0.1, 0.15) is 23.1 Å². The molecular weight excluding hydrogens is 322 g/mol. The van der Waals surface area contributed by atoms with E-state index in [2.05, 4.69) is 15.3 Å². The Bertz CT molecular complexity index is 958. The number of nitrogens with one attached hydrogen (secondary N) is 2. The minimum Gasteiger partial charge on any atom is -0.348 e. The summed E-state index contributed by atoms with van der Waals surface area (Å²) in [4.78, 5) is 20.1. The van der Waals surface area contributed by atoms with Gasteiger partial charge in [0.05, 0.1) is 0 Å². The third kappa shape index (κ3) is 2.81. The highest BCUT2D eigenvalue weighted by Gasteiger charge is 2.17. The second-order valence-corrected chi connectivity index (χ2v) is 6.36. The van der Waals surface area contributed by atoms with Crippen molar-refractivity contribution in [2.75, 3.05) is 0 Å². The number of pyridine rings is 1. The van der Waals surface area contributed by atoms with Crippen LogP contribution < -0.4 is 5.32 Å². The van der Waals surface area contributed by atoms with E-state index in [1.165, 1.54) is 5.56 Å². The summed E-state index contributed by atoms with van der Waals surface area (Å²) in [6.07, 6.45) is 7.23. The Hall–Kier alpha value is -2.59.